The van der Waals surface area contributed by atoms with Crippen LogP contribution in [-0.2, 0) is 11.2 Å². The monoisotopic (exact) mass is 243 g/mol. The lowest BCUT2D eigenvalue weighted by atomic mass is 10.0. The minimum atomic E-state index is -0.0512. The second-order valence-corrected chi connectivity index (χ2v) is 4.58. The SMILES string of the molecule is Cc1cc(NC(=O)Cc2ccc(C)c(C)c2)n[nH]1. The summed E-state index contributed by atoms with van der Waals surface area (Å²) < 4.78 is 0. The van der Waals surface area contributed by atoms with Crippen LogP contribution in [0.2, 0.25) is 0 Å². The van der Waals surface area contributed by atoms with Gasteiger partial charge in [0.1, 0.15) is 0 Å². The van der Waals surface area contributed by atoms with E-state index in [0.29, 0.717) is 12.2 Å². The number of aromatic amines is 1. The zero-order valence-corrected chi connectivity index (χ0v) is 10.9. The molecule has 1 heterocycles. The Balaban J connectivity index is 2.00. The molecule has 0 aliphatic rings. The standard InChI is InChI=1S/C14H17N3O/c1-9-4-5-12(6-10(9)2)8-14(18)15-13-7-11(3)16-17-13/h4-7H,8H2,1-3H3,(H2,15,16,17,18). The van der Waals surface area contributed by atoms with Gasteiger partial charge < -0.3 is 5.32 Å². The number of aromatic nitrogens is 2. The Morgan fingerprint density at radius 2 is 2.00 bits per heavy atom. The molecule has 2 aromatic rings. The van der Waals surface area contributed by atoms with Crippen LogP contribution in [0, 0.1) is 20.8 Å². The zero-order valence-electron chi connectivity index (χ0n) is 10.9. The highest BCUT2D eigenvalue weighted by molar-refractivity contribution is 5.91. The molecule has 94 valence electrons. The maximum atomic E-state index is 11.8. The van der Waals surface area contributed by atoms with E-state index in [1.165, 1.54) is 11.1 Å². The van der Waals surface area contributed by atoms with E-state index in [0.717, 1.165) is 11.3 Å². The van der Waals surface area contributed by atoms with E-state index in [-0.39, 0.29) is 5.91 Å². The first-order valence-electron chi connectivity index (χ1n) is 5.92. The van der Waals surface area contributed by atoms with Crippen molar-refractivity contribution in [2.75, 3.05) is 5.32 Å². The summed E-state index contributed by atoms with van der Waals surface area (Å²) in [7, 11) is 0. The summed E-state index contributed by atoms with van der Waals surface area (Å²) in [5, 5.41) is 9.53. The third kappa shape index (κ3) is 2.97. The molecule has 1 aromatic heterocycles. The molecule has 0 saturated heterocycles. The van der Waals surface area contributed by atoms with Crippen molar-refractivity contribution in [3.63, 3.8) is 0 Å². The maximum Gasteiger partial charge on any atom is 0.229 e. The number of amides is 1. The Hall–Kier alpha value is -2.10. The van der Waals surface area contributed by atoms with Crippen molar-refractivity contribution in [2.24, 2.45) is 0 Å². The summed E-state index contributed by atoms with van der Waals surface area (Å²) in [6, 6.07) is 7.87. The molecular weight excluding hydrogens is 226 g/mol. The Labute approximate surface area is 106 Å². The van der Waals surface area contributed by atoms with Crippen LogP contribution in [-0.4, -0.2) is 16.1 Å². The van der Waals surface area contributed by atoms with Crippen LogP contribution in [0.3, 0.4) is 0 Å². The van der Waals surface area contributed by atoms with Crippen molar-refractivity contribution >= 4 is 11.7 Å². The van der Waals surface area contributed by atoms with E-state index < -0.39 is 0 Å². The van der Waals surface area contributed by atoms with E-state index in [9.17, 15) is 4.79 Å². The number of nitrogens with one attached hydrogen (secondary N) is 2. The number of carbonyl (C=O) groups is 1. The number of nitrogens with zero attached hydrogens (tertiary/aromatic N) is 1. The van der Waals surface area contributed by atoms with Gasteiger partial charge >= 0.3 is 0 Å². The van der Waals surface area contributed by atoms with E-state index in [4.69, 9.17) is 0 Å². The van der Waals surface area contributed by atoms with Crippen LogP contribution < -0.4 is 5.32 Å². The van der Waals surface area contributed by atoms with Gasteiger partial charge in [-0.3, -0.25) is 9.89 Å². The summed E-state index contributed by atoms with van der Waals surface area (Å²) in [6.45, 7) is 6.01. The Kier molecular flexibility index (Phi) is 3.46. The molecule has 0 unspecified atom stereocenters. The number of aryl methyl sites for hydroxylation is 3. The van der Waals surface area contributed by atoms with Gasteiger partial charge in [-0.05, 0) is 37.5 Å². The zero-order chi connectivity index (χ0) is 13.1. The first kappa shape index (κ1) is 12.4. The number of benzene rings is 1. The molecule has 2 rings (SSSR count). The fourth-order valence-corrected chi connectivity index (χ4v) is 1.77. The Morgan fingerprint density at radius 1 is 1.22 bits per heavy atom. The molecule has 0 saturated carbocycles. The quantitative estimate of drug-likeness (QED) is 0.870. The van der Waals surface area contributed by atoms with Crippen molar-refractivity contribution in [1.29, 1.82) is 0 Å². The molecule has 0 spiro atoms. The number of hydrogen-bond donors (Lipinski definition) is 2. The molecule has 0 radical (unpaired) electrons. The van der Waals surface area contributed by atoms with Crippen molar-refractivity contribution in [3.8, 4) is 0 Å². The third-order valence-electron chi connectivity index (χ3n) is 2.91. The molecule has 1 amide bonds. The lowest BCUT2D eigenvalue weighted by Gasteiger charge is -2.05. The van der Waals surface area contributed by atoms with Gasteiger partial charge in [-0.1, -0.05) is 18.2 Å². The molecular formula is C14H17N3O. The lowest BCUT2D eigenvalue weighted by molar-refractivity contribution is -0.115. The molecule has 0 bridgehead atoms. The second kappa shape index (κ2) is 5.04. The highest BCUT2D eigenvalue weighted by Gasteiger charge is 2.06. The number of anilines is 1. The number of hydrogen-bond acceptors (Lipinski definition) is 2. The fraction of sp³-hybridized carbons (Fsp3) is 0.286. The van der Waals surface area contributed by atoms with Crippen molar-refractivity contribution in [1.82, 2.24) is 10.2 Å². The molecule has 4 nitrogen and oxygen atoms in total. The van der Waals surface area contributed by atoms with Crippen LogP contribution in [0.1, 0.15) is 22.4 Å². The summed E-state index contributed by atoms with van der Waals surface area (Å²) in [5.41, 5.74) is 4.39. The van der Waals surface area contributed by atoms with E-state index in [1.54, 1.807) is 6.07 Å². The normalized spacial score (nSPS) is 10.4. The topological polar surface area (TPSA) is 57.8 Å². The number of rotatable bonds is 3. The third-order valence-corrected chi connectivity index (χ3v) is 2.91. The number of H-pyrrole nitrogens is 1. The molecule has 4 heteroatoms. The van der Waals surface area contributed by atoms with E-state index >= 15 is 0 Å². The van der Waals surface area contributed by atoms with Crippen LogP contribution in [0.25, 0.3) is 0 Å². The van der Waals surface area contributed by atoms with Crippen LogP contribution in [0.5, 0.6) is 0 Å². The van der Waals surface area contributed by atoms with Crippen LogP contribution in [0.15, 0.2) is 24.3 Å². The molecule has 0 aliphatic carbocycles. The lowest BCUT2D eigenvalue weighted by Crippen LogP contribution is -2.14. The largest absolute Gasteiger partial charge is 0.309 e. The number of carbonyl (C=O) groups excluding carboxylic acids is 1. The average Bonchev–Trinajstić information content (AvgIpc) is 2.69. The Morgan fingerprint density at radius 3 is 2.61 bits per heavy atom. The molecule has 2 N–H and O–H groups in total. The van der Waals surface area contributed by atoms with Crippen molar-refractivity contribution < 1.29 is 4.79 Å². The summed E-state index contributed by atoms with van der Waals surface area (Å²) in [5.74, 6) is 0.520. The van der Waals surface area contributed by atoms with Gasteiger partial charge in [-0.15, -0.1) is 0 Å². The van der Waals surface area contributed by atoms with Gasteiger partial charge in [0.05, 0.1) is 6.42 Å². The van der Waals surface area contributed by atoms with E-state index in [2.05, 4.69) is 22.4 Å². The minimum Gasteiger partial charge on any atom is -0.309 e. The van der Waals surface area contributed by atoms with Crippen LogP contribution in [0.4, 0.5) is 5.82 Å². The van der Waals surface area contributed by atoms with Gasteiger partial charge in [0, 0.05) is 11.8 Å². The molecule has 1 aromatic carbocycles. The minimum absolute atomic E-state index is 0.0512. The summed E-state index contributed by atoms with van der Waals surface area (Å²) >= 11 is 0. The molecule has 18 heavy (non-hydrogen) atoms. The molecule has 0 aliphatic heterocycles. The Bertz CT molecular complexity index is 572. The van der Waals surface area contributed by atoms with Gasteiger partial charge in [0.2, 0.25) is 5.91 Å². The maximum absolute atomic E-state index is 11.8. The molecule has 0 atom stereocenters. The highest BCUT2D eigenvalue weighted by Crippen LogP contribution is 2.11. The highest BCUT2D eigenvalue weighted by atomic mass is 16.1. The average molecular weight is 243 g/mol. The van der Waals surface area contributed by atoms with Crippen molar-refractivity contribution in [2.45, 2.75) is 27.2 Å². The smallest absolute Gasteiger partial charge is 0.229 e. The first-order chi connectivity index (χ1) is 8.54. The predicted octanol–water partition coefficient (Wildman–Crippen LogP) is 2.52. The second-order valence-electron chi connectivity index (χ2n) is 4.58. The summed E-state index contributed by atoms with van der Waals surface area (Å²) in [4.78, 5) is 11.8. The van der Waals surface area contributed by atoms with Gasteiger partial charge in [-0.25, -0.2) is 0 Å². The van der Waals surface area contributed by atoms with Gasteiger partial charge in [0.25, 0.3) is 0 Å². The van der Waals surface area contributed by atoms with Crippen molar-refractivity contribution in [3.05, 3.63) is 46.6 Å². The van der Waals surface area contributed by atoms with Gasteiger partial charge in [0.15, 0.2) is 5.82 Å². The van der Waals surface area contributed by atoms with Gasteiger partial charge in [-0.2, -0.15) is 5.10 Å². The summed E-state index contributed by atoms with van der Waals surface area (Å²) in [6.07, 6.45) is 0.368. The molecule has 0 fully saturated rings. The van der Waals surface area contributed by atoms with Crippen LogP contribution >= 0.6 is 0 Å². The predicted molar refractivity (Wildman–Crippen MR) is 71.6 cm³/mol. The van der Waals surface area contributed by atoms with E-state index in [1.807, 2.05) is 32.0 Å². The fourth-order valence-electron chi connectivity index (χ4n) is 1.77. The first-order valence-corrected chi connectivity index (χ1v) is 5.92.